The van der Waals surface area contributed by atoms with Gasteiger partial charge in [-0.05, 0) is 61.9 Å². The average Bonchev–Trinajstić information content (AvgIpc) is 2.63. The third-order valence-electron chi connectivity index (χ3n) is 4.11. The highest BCUT2D eigenvalue weighted by atomic mass is 16.5. The molecule has 26 heavy (non-hydrogen) atoms. The molecule has 0 spiro atoms. The van der Waals surface area contributed by atoms with Gasteiger partial charge in [0.2, 0.25) is 5.91 Å². The second-order valence-corrected chi connectivity index (χ2v) is 6.39. The standard InChI is InChI=1S/C21H26N2O3/c1-3-4-5-6-15(2)23-21(25)17-9-13-19(14-10-17)26-18-11-7-16(8-12-18)20(22)24/h7-15H,3-6H2,1-2H3,(H2,22,24)(H,23,25). The van der Waals surface area contributed by atoms with Crippen molar-refractivity contribution >= 4 is 11.8 Å². The summed E-state index contributed by atoms with van der Waals surface area (Å²) in [5, 5.41) is 3.02. The molecule has 2 amide bonds. The first-order chi connectivity index (χ1) is 12.5. The maximum absolute atomic E-state index is 12.3. The number of hydrogen-bond acceptors (Lipinski definition) is 3. The summed E-state index contributed by atoms with van der Waals surface area (Å²) in [7, 11) is 0. The van der Waals surface area contributed by atoms with E-state index in [0.717, 1.165) is 12.8 Å². The van der Waals surface area contributed by atoms with Crippen molar-refractivity contribution in [2.45, 2.75) is 45.6 Å². The number of hydrogen-bond donors (Lipinski definition) is 2. The van der Waals surface area contributed by atoms with Crippen molar-refractivity contribution in [2.24, 2.45) is 5.73 Å². The highest BCUT2D eigenvalue weighted by molar-refractivity contribution is 5.94. The van der Waals surface area contributed by atoms with Gasteiger partial charge >= 0.3 is 0 Å². The van der Waals surface area contributed by atoms with E-state index in [1.165, 1.54) is 12.8 Å². The first-order valence-electron chi connectivity index (χ1n) is 8.98. The van der Waals surface area contributed by atoms with Gasteiger partial charge in [0.15, 0.2) is 0 Å². The summed E-state index contributed by atoms with van der Waals surface area (Å²) in [4.78, 5) is 23.3. The lowest BCUT2D eigenvalue weighted by molar-refractivity contribution is 0.0937. The summed E-state index contributed by atoms with van der Waals surface area (Å²) in [5.74, 6) is 0.656. The Labute approximate surface area is 154 Å². The summed E-state index contributed by atoms with van der Waals surface area (Å²) in [6.45, 7) is 4.19. The maximum Gasteiger partial charge on any atom is 0.251 e. The molecule has 0 aliphatic heterocycles. The molecule has 1 atom stereocenters. The molecule has 2 aromatic carbocycles. The van der Waals surface area contributed by atoms with Gasteiger partial charge in [0.05, 0.1) is 0 Å². The molecule has 1 unspecified atom stereocenters. The Kier molecular flexibility index (Phi) is 7.21. The van der Waals surface area contributed by atoms with Crippen LogP contribution in [0.25, 0.3) is 0 Å². The van der Waals surface area contributed by atoms with Gasteiger partial charge in [-0.25, -0.2) is 0 Å². The second kappa shape index (κ2) is 9.61. The minimum Gasteiger partial charge on any atom is -0.457 e. The van der Waals surface area contributed by atoms with Gasteiger partial charge in [0.1, 0.15) is 11.5 Å². The molecule has 138 valence electrons. The Bertz CT molecular complexity index is 724. The van der Waals surface area contributed by atoms with E-state index >= 15 is 0 Å². The second-order valence-electron chi connectivity index (χ2n) is 6.39. The van der Waals surface area contributed by atoms with Crippen LogP contribution in [0.1, 0.15) is 60.2 Å². The molecule has 5 nitrogen and oxygen atoms in total. The lowest BCUT2D eigenvalue weighted by atomic mass is 10.1. The van der Waals surface area contributed by atoms with Crippen molar-refractivity contribution in [3.8, 4) is 11.5 Å². The number of nitrogens with one attached hydrogen (secondary N) is 1. The molecule has 0 saturated carbocycles. The Morgan fingerprint density at radius 1 is 0.962 bits per heavy atom. The molecule has 0 fully saturated rings. The summed E-state index contributed by atoms with van der Waals surface area (Å²) in [5.41, 5.74) is 6.24. The van der Waals surface area contributed by atoms with Crippen LogP contribution in [0, 0.1) is 0 Å². The summed E-state index contributed by atoms with van der Waals surface area (Å²) < 4.78 is 5.71. The van der Waals surface area contributed by atoms with E-state index in [4.69, 9.17) is 10.5 Å². The first-order valence-corrected chi connectivity index (χ1v) is 8.98. The van der Waals surface area contributed by atoms with Crippen molar-refractivity contribution in [2.75, 3.05) is 0 Å². The topological polar surface area (TPSA) is 81.4 Å². The van der Waals surface area contributed by atoms with Crippen LogP contribution < -0.4 is 15.8 Å². The fourth-order valence-electron chi connectivity index (χ4n) is 2.58. The Morgan fingerprint density at radius 2 is 1.50 bits per heavy atom. The first kappa shape index (κ1) is 19.5. The molecule has 2 aromatic rings. The van der Waals surface area contributed by atoms with Crippen molar-refractivity contribution < 1.29 is 14.3 Å². The molecular formula is C21H26N2O3. The lowest BCUT2D eigenvalue weighted by Gasteiger charge is -2.14. The maximum atomic E-state index is 12.3. The minimum absolute atomic E-state index is 0.0774. The van der Waals surface area contributed by atoms with Gasteiger partial charge in [-0.15, -0.1) is 0 Å². The third-order valence-corrected chi connectivity index (χ3v) is 4.11. The molecule has 0 aromatic heterocycles. The quantitative estimate of drug-likeness (QED) is 0.660. The van der Waals surface area contributed by atoms with Gasteiger partial charge in [-0.1, -0.05) is 26.2 Å². The van der Waals surface area contributed by atoms with Crippen LogP contribution in [0.3, 0.4) is 0 Å². The number of rotatable bonds is 9. The van der Waals surface area contributed by atoms with Gasteiger partial charge in [-0.2, -0.15) is 0 Å². The monoisotopic (exact) mass is 354 g/mol. The summed E-state index contributed by atoms with van der Waals surface area (Å²) in [6.07, 6.45) is 4.47. The minimum atomic E-state index is -0.476. The highest BCUT2D eigenvalue weighted by Gasteiger charge is 2.10. The molecule has 3 N–H and O–H groups in total. The fourth-order valence-corrected chi connectivity index (χ4v) is 2.58. The van der Waals surface area contributed by atoms with Crippen molar-refractivity contribution in [3.63, 3.8) is 0 Å². The van der Waals surface area contributed by atoms with Crippen LogP contribution >= 0.6 is 0 Å². The predicted octanol–water partition coefficient (Wildman–Crippen LogP) is 4.28. The van der Waals surface area contributed by atoms with Crippen LogP contribution in [0.5, 0.6) is 11.5 Å². The van der Waals surface area contributed by atoms with E-state index in [-0.39, 0.29) is 11.9 Å². The number of unbranched alkanes of at least 4 members (excludes halogenated alkanes) is 2. The molecule has 0 radical (unpaired) electrons. The Hall–Kier alpha value is -2.82. The number of carbonyl (C=O) groups excluding carboxylic acids is 2. The van der Waals surface area contributed by atoms with Gasteiger partial charge in [-0.3, -0.25) is 9.59 Å². The van der Waals surface area contributed by atoms with Gasteiger partial charge in [0, 0.05) is 17.2 Å². The lowest BCUT2D eigenvalue weighted by Crippen LogP contribution is -2.32. The SMILES string of the molecule is CCCCCC(C)NC(=O)c1ccc(Oc2ccc(C(N)=O)cc2)cc1. The van der Waals surface area contributed by atoms with Crippen molar-refractivity contribution in [1.29, 1.82) is 0 Å². The number of ether oxygens (including phenoxy) is 1. The van der Waals surface area contributed by atoms with Crippen LogP contribution in [0.2, 0.25) is 0 Å². The van der Waals surface area contributed by atoms with Crippen molar-refractivity contribution in [3.05, 3.63) is 59.7 Å². The molecular weight excluding hydrogens is 328 g/mol. The smallest absolute Gasteiger partial charge is 0.251 e. The number of nitrogens with two attached hydrogens (primary N) is 1. The largest absolute Gasteiger partial charge is 0.457 e. The average molecular weight is 354 g/mol. The molecule has 2 rings (SSSR count). The van der Waals surface area contributed by atoms with E-state index in [9.17, 15) is 9.59 Å². The normalized spacial score (nSPS) is 11.6. The molecule has 0 heterocycles. The number of carbonyl (C=O) groups is 2. The van der Waals surface area contributed by atoms with E-state index in [2.05, 4.69) is 12.2 Å². The van der Waals surface area contributed by atoms with Crippen LogP contribution in [0.15, 0.2) is 48.5 Å². The number of amides is 2. The molecule has 5 heteroatoms. The van der Waals surface area contributed by atoms with Crippen LogP contribution in [-0.4, -0.2) is 17.9 Å². The van der Waals surface area contributed by atoms with Gasteiger partial charge < -0.3 is 15.8 Å². The van der Waals surface area contributed by atoms with E-state index in [0.29, 0.717) is 22.6 Å². The van der Waals surface area contributed by atoms with E-state index in [1.54, 1.807) is 48.5 Å². The summed E-state index contributed by atoms with van der Waals surface area (Å²) >= 11 is 0. The summed E-state index contributed by atoms with van der Waals surface area (Å²) in [6, 6.07) is 13.7. The highest BCUT2D eigenvalue weighted by Crippen LogP contribution is 2.22. The van der Waals surface area contributed by atoms with Crippen LogP contribution in [0.4, 0.5) is 0 Å². The molecule has 0 aliphatic carbocycles. The number of benzene rings is 2. The zero-order valence-corrected chi connectivity index (χ0v) is 15.3. The van der Waals surface area contributed by atoms with Gasteiger partial charge in [0.25, 0.3) is 5.91 Å². The Balaban J connectivity index is 1.90. The fraction of sp³-hybridized carbons (Fsp3) is 0.333. The van der Waals surface area contributed by atoms with Crippen LogP contribution in [-0.2, 0) is 0 Å². The third kappa shape index (κ3) is 5.92. The zero-order chi connectivity index (χ0) is 18.9. The Morgan fingerprint density at radius 3 is 2.00 bits per heavy atom. The van der Waals surface area contributed by atoms with Crippen molar-refractivity contribution in [1.82, 2.24) is 5.32 Å². The molecule has 0 saturated heterocycles. The molecule has 0 aliphatic rings. The van der Waals surface area contributed by atoms with E-state index < -0.39 is 5.91 Å². The zero-order valence-electron chi connectivity index (χ0n) is 15.3. The predicted molar refractivity (Wildman–Crippen MR) is 103 cm³/mol. The van der Waals surface area contributed by atoms with E-state index in [1.807, 2.05) is 6.92 Å². The number of primary amides is 1. The molecule has 0 bridgehead atoms.